The highest BCUT2D eigenvalue weighted by molar-refractivity contribution is 5.90. The van der Waals surface area contributed by atoms with Gasteiger partial charge >= 0.3 is 11.9 Å². The quantitative estimate of drug-likeness (QED) is 0.842. The molecule has 0 aliphatic carbocycles. The molecule has 5 nitrogen and oxygen atoms in total. The first-order valence-corrected chi connectivity index (χ1v) is 7.36. The average molecular weight is 314 g/mol. The lowest BCUT2D eigenvalue weighted by molar-refractivity contribution is 0.0685. The van der Waals surface area contributed by atoms with Gasteiger partial charge in [0.25, 0.3) is 0 Å². The van der Waals surface area contributed by atoms with Gasteiger partial charge in [0.1, 0.15) is 11.5 Å². The number of ether oxygens (including phenoxy) is 1. The first kappa shape index (κ1) is 16.5. The number of hydrogen-bond donors (Lipinski definition) is 2. The minimum Gasteiger partial charge on any atom is -0.478 e. The fourth-order valence-corrected chi connectivity index (χ4v) is 2.39. The highest BCUT2D eigenvalue weighted by atomic mass is 16.5. The maximum Gasteiger partial charge on any atom is 0.336 e. The van der Waals surface area contributed by atoms with E-state index in [1.54, 1.807) is 24.3 Å². The molecule has 0 fully saturated rings. The molecule has 0 heterocycles. The van der Waals surface area contributed by atoms with Crippen LogP contribution >= 0.6 is 0 Å². The Morgan fingerprint density at radius 2 is 1.22 bits per heavy atom. The third-order valence-corrected chi connectivity index (χ3v) is 3.62. The summed E-state index contributed by atoms with van der Waals surface area (Å²) in [6.45, 7) is 3.76. The SMILES string of the molecule is CCc1ccc(Oc2ccc(CC)c(C(=O)O)c2)cc1C(=O)O. The lowest BCUT2D eigenvalue weighted by Crippen LogP contribution is -2.03. The second kappa shape index (κ2) is 6.96. The lowest BCUT2D eigenvalue weighted by Gasteiger charge is -2.11. The third kappa shape index (κ3) is 3.69. The Bertz CT molecular complexity index is 686. The van der Waals surface area contributed by atoms with Gasteiger partial charge in [0, 0.05) is 0 Å². The van der Waals surface area contributed by atoms with Crippen LogP contribution in [0.15, 0.2) is 36.4 Å². The summed E-state index contributed by atoms with van der Waals surface area (Å²) in [6.07, 6.45) is 1.21. The number of carboxylic acids is 2. The first-order chi connectivity index (χ1) is 11.0. The molecule has 23 heavy (non-hydrogen) atoms. The average Bonchev–Trinajstić information content (AvgIpc) is 2.54. The van der Waals surface area contributed by atoms with Gasteiger partial charge in [-0.3, -0.25) is 0 Å². The van der Waals surface area contributed by atoms with Gasteiger partial charge < -0.3 is 14.9 Å². The van der Waals surface area contributed by atoms with Gasteiger partial charge in [-0.05, 0) is 48.2 Å². The zero-order chi connectivity index (χ0) is 17.0. The van der Waals surface area contributed by atoms with E-state index in [0.717, 1.165) is 11.1 Å². The normalized spacial score (nSPS) is 10.3. The van der Waals surface area contributed by atoms with Crippen molar-refractivity contribution < 1.29 is 24.5 Å². The van der Waals surface area contributed by atoms with Crippen LogP contribution in [0, 0.1) is 0 Å². The molecular weight excluding hydrogens is 296 g/mol. The minimum absolute atomic E-state index is 0.189. The summed E-state index contributed by atoms with van der Waals surface area (Å²) in [4.78, 5) is 22.6. The third-order valence-electron chi connectivity index (χ3n) is 3.62. The number of hydrogen-bond acceptors (Lipinski definition) is 3. The van der Waals surface area contributed by atoms with E-state index in [4.69, 9.17) is 4.74 Å². The number of aromatic carboxylic acids is 2. The minimum atomic E-state index is -1.01. The summed E-state index contributed by atoms with van der Waals surface area (Å²) in [5, 5.41) is 18.5. The Morgan fingerprint density at radius 1 is 0.826 bits per heavy atom. The molecule has 2 N–H and O–H groups in total. The van der Waals surface area contributed by atoms with Crippen molar-refractivity contribution in [2.75, 3.05) is 0 Å². The van der Waals surface area contributed by atoms with Crippen molar-refractivity contribution in [3.8, 4) is 11.5 Å². The van der Waals surface area contributed by atoms with Gasteiger partial charge in [-0.15, -0.1) is 0 Å². The fraction of sp³-hybridized carbons (Fsp3) is 0.222. The van der Waals surface area contributed by atoms with Crippen molar-refractivity contribution in [3.05, 3.63) is 58.7 Å². The van der Waals surface area contributed by atoms with Crippen molar-refractivity contribution in [1.29, 1.82) is 0 Å². The summed E-state index contributed by atoms with van der Waals surface area (Å²) in [5.41, 5.74) is 1.82. The number of carbonyl (C=O) groups is 2. The molecule has 0 radical (unpaired) electrons. The molecule has 0 atom stereocenters. The monoisotopic (exact) mass is 314 g/mol. The molecule has 0 aromatic heterocycles. The molecule has 0 aliphatic rings. The van der Waals surface area contributed by atoms with Crippen LogP contribution in [-0.2, 0) is 12.8 Å². The lowest BCUT2D eigenvalue weighted by atomic mass is 10.0. The van der Waals surface area contributed by atoms with E-state index in [1.165, 1.54) is 12.1 Å². The second-order valence-electron chi connectivity index (χ2n) is 5.06. The van der Waals surface area contributed by atoms with Crippen molar-refractivity contribution in [2.24, 2.45) is 0 Å². The Balaban J connectivity index is 2.36. The molecule has 0 spiro atoms. The molecule has 2 rings (SSSR count). The van der Waals surface area contributed by atoms with Crippen LogP contribution in [0.5, 0.6) is 11.5 Å². The molecule has 0 aliphatic heterocycles. The van der Waals surface area contributed by atoms with Crippen molar-refractivity contribution >= 4 is 11.9 Å². The van der Waals surface area contributed by atoms with Gasteiger partial charge in [-0.2, -0.15) is 0 Å². The Hall–Kier alpha value is -2.82. The van der Waals surface area contributed by atoms with Crippen LogP contribution in [0.2, 0.25) is 0 Å². The summed E-state index contributed by atoms with van der Waals surface area (Å²) in [6, 6.07) is 9.68. The summed E-state index contributed by atoms with van der Waals surface area (Å²) >= 11 is 0. The van der Waals surface area contributed by atoms with Crippen LogP contribution < -0.4 is 4.74 Å². The Labute approximate surface area is 134 Å². The predicted molar refractivity (Wildman–Crippen MR) is 85.6 cm³/mol. The van der Waals surface area contributed by atoms with Crippen molar-refractivity contribution in [1.82, 2.24) is 0 Å². The van der Waals surface area contributed by atoms with E-state index in [-0.39, 0.29) is 11.1 Å². The first-order valence-electron chi connectivity index (χ1n) is 7.36. The van der Waals surface area contributed by atoms with Crippen LogP contribution in [0.25, 0.3) is 0 Å². The maximum atomic E-state index is 11.3. The van der Waals surface area contributed by atoms with Crippen molar-refractivity contribution in [3.63, 3.8) is 0 Å². The molecule has 120 valence electrons. The number of rotatable bonds is 6. The topological polar surface area (TPSA) is 83.8 Å². The zero-order valence-electron chi connectivity index (χ0n) is 13.0. The number of carboxylic acid groups (broad SMARTS) is 2. The molecule has 0 saturated carbocycles. The van der Waals surface area contributed by atoms with Gasteiger partial charge in [0.2, 0.25) is 0 Å². The van der Waals surface area contributed by atoms with E-state index in [0.29, 0.717) is 24.3 Å². The molecule has 0 saturated heterocycles. The zero-order valence-corrected chi connectivity index (χ0v) is 13.0. The van der Waals surface area contributed by atoms with Crippen LogP contribution in [0.3, 0.4) is 0 Å². The molecule has 2 aromatic rings. The molecule has 0 bridgehead atoms. The summed E-state index contributed by atoms with van der Waals surface area (Å²) in [5.74, 6) is -1.31. The molecule has 5 heteroatoms. The van der Waals surface area contributed by atoms with Gasteiger partial charge in [0.15, 0.2) is 0 Å². The van der Waals surface area contributed by atoms with Gasteiger partial charge in [-0.1, -0.05) is 26.0 Å². The van der Waals surface area contributed by atoms with E-state index in [9.17, 15) is 19.8 Å². The van der Waals surface area contributed by atoms with Crippen LogP contribution in [0.1, 0.15) is 45.7 Å². The second-order valence-corrected chi connectivity index (χ2v) is 5.06. The smallest absolute Gasteiger partial charge is 0.336 e. The highest BCUT2D eigenvalue weighted by Gasteiger charge is 2.13. The number of aryl methyl sites for hydroxylation is 2. The van der Waals surface area contributed by atoms with E-state index < -0.39 is 11.9 Å². The van der Waals surface area contributed by atoms with Gasteiger partial charge in [-0.25, -0.2) is 9.59 Å². The van der Waals surface area contributed by atoms with Crippen molar-refractivity contribution in [2.45, 2.75) is 26.7 Å². The summed E-state index contributed by atoms with van der Waals surface area (Å²) in [7, 11) is 0. The molecule has 0 amide bonds. The van der Waals surface area contributed by atoms with E-state index >= 15 is 0 Å². The highest BCUT2D eigenvalue weighted by Crippen LogP contribution is 2.26. The van der Waals surface area contributed by atoms with Crippen LogP contribution in [0.4, 0.5) is 0 Å². The van der Waals surface area contributed by atoms with Crippen LogP contribution in [-0.4, -0.2) is 22.2 Å². The molecular formula is C18H18O5. The van der Waals surface area contributed by atoms with E-state index in [1.807, 2.05) is 13.8 Å². The fourth-order valence-electron chi connectivity index (χ4n) is 2.39. The maximum absolute atomic E-state index is 11.3. The predicted octanol–water partition coefficient (Wildman–Crippen LogP) is 4.00. The Morgan fingerprint density at radius 3 is 1.52 bits per heavy atom. The largest absolute Gasteiger partial charge is 0.478 e. The van der Waals surface area contributed by atoms with E-state index in [2.05, 4.69) is 0 Å². The Kier molecular flexibility index (Phi) is 5.01. The number of benzene rings is 2. The summed E-state index contributed by atoms with van der Waals surface area (Å²) < 4.78 is 5.63. The van der Waals surface area contributed by atoms with Gasteiger partial charge in [0.05, 0.1) is 11.1 Å². The standard InChI is InChI=1S/C18H18O5/c1-3-11-5-7-13(9-15(11)17(19)20)23-14-8-6-12(4-2)16(10-14)18(21)22/h5-10H,3-4H2,1-2H3,(H,19,20)(H,21,22). The molecule has 2 aromatic carbocycles. The molecule has 0 unspecified atom stereocenters.